The van der Waals surface area contributed by atoms with E-state index in [1.807, 2.05) is 0 Å². The van der Waals surface area contributed by atoms with E-state index in [1.54, 1.807) is 0 Å². The van der Waals surface area contributed by atoms with E-state index in [4.69, 9.17) is 5.11 Å². The van der Waals surface area contributed by atoms with Crippen molar-refractivity contribution in [2.24, 2.45) is 7.05 Å². The molecule has 1 heterocycles. The van der Waals surface area contributed by atoms with Crippen molar-refractivity contribution in [3.63, 3.8) is 0 Å². The highest BCUT2D eigenvalue weighted by Crippen LogP contribution is 2.14. The maximum absolute atomic E-state index is 10.4. The summed E-state index contributed by atoms with van der Waals surface area (Å²) in [6, 6.07) is 0. The van der Waals surface area contributed by atoms with Crippen LogP contribution < -0.4 is 0 Å². The molecule has 1 rings (SSSR count). The maximum atomic E-state index is 10.4. The van der Waals surface area contributed by atoms with Gasteiger partial charge in [0, 0.05) is 19.7 Å². The zero-order valence-electron chi connectivity index (χ0n) is 18.6. The molecule has 1 N–H and O–H groups in total. The highest BCUT2D eigenvalue weighted by molar-refractivity contribution is 5.66. The van der Waals surface area contributed by atoms with Crippen LogP contribution in [0.2, 0.25) is 0 Å². The molecule has 0 saturated heterocycles. The van der Waals surface area contributed by atoms with E-state index >= 15 is 0 Å². The van der Waals surface area contributed by atoms with Gasteiger partial charge in [0.2, 0.25) is 0 Å². The van der Waals surface area contributed by atoms with Crippen LogP contribution in [0.4, 0.5) is 0 Å². The number of carboxylic acid groups (broad SMARTS) is 1. The van der Waals surface area contributed by atoms with Crippen LogP contribution in [-0.4, -0.2) is 20.6 Å². The van der Waals surface area contributed by atoms with Gasteiger partial charge >= 0.3 is 5.97 Å². The molecule has 0 aliphatic rings. The standard InChI is InChI=1S/C24H44N2O2/c1-22-25-23(21-26(22)2)19-17-15-13-11-9-7-5-3-4-6-8-10-12-14-16-18-20-24(27)28/h21H,3-20H2,1-2H3,(H,27,28). The van der Waals surface area contributed by atoms with Gasteiger partial charge in [-0.05, 0) is 26.2 Å². The van der Waals surface area contributed by atoms with Crippen molar-refractivity contribution in [1.29, 1.82) is 0 Å². The van der Waals surface area contributed by atoms with Crippen molar-refractivity contribution in [2.45, 2.75) is 122 Å². The molecule has 0 unspecified atom stereocenters. The first kappa shape index (κ1) is 24.7. The number of carbonyl (C=O) groups is 1. The van der Waals surface area contributed by atoms with E-state index in [-0.39, 0.29) is 0 Å². The Morgan fingerprint density at radius 1 is 0.786 bits per heavy atom. The van der Waals surface area contributed by atoms with Gasteiger partial charge in [-0.1, -0.05) is 89.9 Å². The topological polar surface area (TPSA) is 55.1 Å². The van der Waals surface area contributed by atoms with Crippen LogP contribution in [0.15, 0.2) is 6.20 Å². The average molecular weight is 393 g/mol. The van der Waals surface area contributed by atoms with Gasteiger partial charge in [-0.2, -0.15) is 0 Å². The Balaban J connectivity index is 1.72. The summed E-state index contributed by atoms with van der Waals surface area (Å²) in [5.41, 5.74) is 1.25. The van der Waals surface area contributed by atoms with Gasteiger partial charge in [-0.25, -0.2) is 4.98 Å². The fraction of sp³-hybridized carbons (Fsp3) is 0.833. The monoisotopic (exact) mass is 392 g/mol. The van der Waals surface area contributed by atoms with Crippen molar-refractivity contribution in [2.75, 3.05) is 0 Å². The smallest absolute Gasteiger partial charge is 0.303 e. The molecular weight excluding hydrogens is 348 g/mol. The lowest BCUT2D eigenvalue weighted by Crippen LogP contribution is -1.93. The fourth-order valence-electron chi connectivity index (χ4n) is 3.81. The van der Waals surface area contributed by atoms with Crippen molar-refractivity contribution in [3.8, 4) is 0 Å². The molecule has 0 bridgehead atoms. The number of rotatable bonds is 19. The third kappa shape index (κ3) is 13.8. The van der Waals surface area contributed by atoms with Crippen LogP contribution in [-0.2, 0) is 18.3 Å². The van der Waals surface area contributed by atoms with Crippen LogP contribution >= 0.6 is 0 Å². The Morgan fingerprint density at radius 2 is 1.18 bits per heavy atom. The molecule has 0 fully saturated rings. The van der Waals surface area contributed by atoms with Gasteiger partial charge in [-0.3, -0.25) is 4.79 Å². The molecule has 0 aliphatic heterocycles. The average Bonchev–Trinajstić information content (AvgIpc) is 2.98. The van der Waals surface area contributed by atoms with E-state index in [0.717, 1.165) is 25.1 Å². The molecule has 1 aromatic rings. The van der Waals surface area contributed by atoms with Gasteiger partial charge < -0.3 is 9.67 Å². The first-order chi connectivity index (χ1) is 13.6. The number of nitrogens with zero attached hydrogens (tertiary/aromatic N) is 2. The number of aromatic nitrogens is 2. The number of carboxylic acids is 1. The predicted molar refractivity (Wildman–Crippen MR) is 118 cm³/mol. The fourth-order valence-corrected chi connectivity index (χ4v) is 3.81. The Kier molecular flexibility index (Phi) is 14.7. The molecule has 0 aliphatic carbocycles. The second-order valence-electron chi connectivity index (χ2n) is 8.44. The van der Waals surface area contributed by atoms with Gasteiger partial charge in [0.25, 0.3) is 0 Å². The highest BCUT2D eigenvalue weighted by atomic mass is 16.4. The Hall–Kier alpha value is -1.32. The second kappa shape index (κ2) is 16.6. The van der Waals surface area contributed by atoms with Crippen molar-refractivity contribution in [1.82, 2.24) is 9.55 Å². The van der Waals surface area contributed by atoms with E-state index in [1.165, 1.54) is 95.6 Å². The Morgan fingerprint density at radius 3 is 1.54 bits per heavy atom. The summed E-state index contributed by atoms with van der Waals surface area (Å²) in [5.74, 6) is 0.457. The molecule has 28 heavy (non-hydrogen) atoms. The zero-order valence-corrected chi connectivity index (χ0v) is 18.6. The molecule has 162 valence electrons. The molecule has 0 amide bonds. The number of hydrogen-bond acceptors (Lipinski definition) is 2. The third-order valence-corrected chi connectivity index (χ3v) is 5.73. The summed E-state index contributed by atoms with van der Waals surface area (Å²) >= 11 is 0. The first-order valence-corrected chi connectivity index (χ1v) is 11.8. The molecule has 4 heteroatoms. The van der Waals surface area contributed by atoms with Crippen molar-refractivity contribution >= 4 is 5.97 Å². The molecule has 0 atom stereocenters. The number of imidazole rings is 1. The lowest BCUT2D eigenvalue weighted by Gasteiger charge is -2.03. The number of unbranched alkanes of at least 4 members (excludes halogenated alkanes) is 15. The van der Waals surface area contributed by atoms with Crippen LogP contribution in [0.5, 0.6) is 0 Å². The zero-order chi connectivity index (χ0) is 20.5. The lowest BCUT2D eigenvalue weighted by atomic mass is 10.0. The summed E-state index contributed by atoms with van der Waals surface area (Å²) in [6.07, 6.45) is 24.5. The van der Waals surface area contributed by atoms with Crippen molar-refractivity contribution in [3.05, 3.63) is 17.7 Å². The third-order valence-electron chi connectivity index (χ3n) is 5.73. The summed E-state index contributed by atoms with van der Waals surface area (Å²) in [6.45, 7) is 2.07. The minimum absolute atomic E-state index is 0.338. The van der Waals surface area contributed by atoms with Crippen LogP contribution in [0, 0.1) is 6.92 Å². The van der Waals surface area contributed by atoms with E-state index < -0.39 is 5.97 Å². The van der Waals surface area contributed by atoms with Gasteiger partial charge in [0.1, 0.15) is 5.82 Å². The molecule has 0 spiro atoms. The Labute approximate surface area is 173 Å². The Bertz CT molecular complexity index is 491. The van der Waals surface area contributed by atoms with Crippen molar-refractivity contribution < 1.29 is 9.90 Å². The summed E-state index contributed by atoms with van der Waals surface area (Å²) in [4.78, 5) is 15.0. The largest absolute Gasteiger partial charge is 0.481 e. The normalized spacial score (nSPS) is 11.2. The molecule has 1 aromatic heterocycles. The number of aliphatic carboxylic acids is 1. The minimum Gasteiger partial charge on any atom is -0.481 e. The predicted octanol–water partition coefficient (Wildman–Crippen LogP) is 6.99. The molecular formula is C24H44N2O2. The summed E-state index contributed by atoms with van der Waals surface area (Å²) in [7, 11) is 2.07. The highest BCUT2D eigenvalue weighted by Gasteiger charge is 2.01. The molecule has 0 radical (unpaired) electrons. The maximum Gasteiger partial charge on any atom is 0.303 e. The number of aryl methyl sites for hydroxylation is 3. The molecule has 0 aromatic carbocycles. The summed E-state index contributed by atoms with van der Waals surface area (Å²) < 4.78 is 2.11. The lowest BCUT2D eigenvalue weighted by molar-refractivity contribution is -0.137. The SMILES string of the molecule is Cc1nc(CCCCCCCCCCCCCCCCCCC(=O)O)cn1C. The van der Waals surface area contributed by atoms with E-state index in [9.17, 15) is 4.79 Å². The van der Waals surface area contributed by atoms with E-state index in [0.29, 0.717) is 6.42 Å². The molecule has 0 saturated carbocycles. The second-order valence-corrected chi connectivity index (χ2v) is 8.44. The summed E-state index contributed by atoms with van der Waals surface area (Å²) in [5, 5.41) is 8.58. The van der Waals surface area contributed by atoms with Crippen LogP contribution in [0.1, 0.15) is 121 Å². The van der Waals surface area contributed by atoms with Crippen LogP contribution in [0.3, 0.4) is 0 Å². The van der Waals surface area contributed by atoms with Gasteiger partial charge in [0.15, 0.2) is 0 Å². The molecule has 4 nitrogen and oxygen atoms in total. The van der Waals surface area contributed by atoms with E-state index in [2.05, 4.69) is 29.7 Å². The number of hydrogen-bond donors (Lipinski definition) is 1. The van der Waals surface area contributed by atoms with Gasteiger partial charge in [-0.15, -0.1) is 0 Å². The quantitative estimate of drug-likeness (QED) is 0.258. The van der Waals surface area contributed by atoms with Gasteiger partial charge in [0.05, 0.1) is 5.69 Å². The van der Waals surface area contributed by atoms with Crippen LogP contribution in [0.25, 0.3) is 0 Å². The first-order valence-electron chi connectivity index (χ1n) is 11.8. The minimum atomic E-state index is -0.657.